The van der Waals surface area contributed by atoms with Gasteiger partial charge >= 0.3 is 0 Å². The first-order chi connectivity index (χ1) is 9.62. The fourth-order valence-electron chi connectivity index (χ4n) is 1.97. The summed E-state index contributed by atoms with van der Waals surface area (Å²) in [6.07, 6.45) is 0. The Hall–Kier alpha value is -0.540. The van der Waals surface area contributed by atoms with Crippen molar-refractivity contribution in [2.75, 3.05) is 44.7 Å². The van der Waals surface area contributed by atoms with Crippen LogP contribution in [0.1, 0.15) is 5.76 Å². The van der Waals surface area contributed by atoms with Crippen molar-refractivity contribution in [2.24, 2.45) is 0 Å². The zero-order chi connectivity index (χ0) is 14.4. The summed E-state index contributed by atoms with van der Waals surface area (Å²) in [5, 5.41) is 3.24. The van der Waals surface area contributed by atoms with Crippen molar-refractivity contribution >= 4 is 21.8 Å². The Kier molecular flexibility index (Phi) is 5.91. The highest BCUT2D eigenvalue weighted by Gasteiger charge is 2.16. The van der Waals surface area contributed by atoms with Crippen LogP contribution >= 0.6 is 11.8 Å². The molecule has 0 aliphatic carbocycles. The van der Waals surface area contributed by atoms with Gasteiger partial charge in [-0.3, -0.25) is 0 Å². The van der Waals surface area contributed by atoms with Crippen LogP contribution in [0, 0.1) is 0 Å². The van der Waals surface area contributed by atoms with Gasteiger partial charge in [-0.2, -0.15) is 11.8 Å². The molecule has 1 aliphatic rings. The van der Waals surface area contributed by atoms with Crippen molar-refractivity contribution in [2.45, 2.75) is 11.6 Å². The molecule has 20 heavy (non-hydrogen) atoms. The third-order valence-corrected chi connectivity index (χ3v) is 5.41. The van der Waals surface area contributed by atoms with Crippen LogP contribution in [-0.2, 0) is 16.6 Å². The zero-order valence-electron chi connectivity index (χ0n) is 11.6. The predicted molar refractivity (Wildman–Crippen MR) is 80.4 cm³/mol. The Balaban J connectivity index is 1.72. The second-order valence-corrected chi connectivity index (χ2v) is 7.60. The van der Waals surface area contributed by atoms with Gasteiger partial charge in [0.25, 0.3) is 10.0 Å². The van der Waals surface area contributed by atoms with Crippen LogP contribution in [0.4, 0.5) is 0 Å². The number of thioether (sulfide) groups is 1. The minimum Gasteiger partial charge on any atom is -0.447 e. The average molecular weight is 319 g/mol. The fourth-order valence-corrected chi connectivity index (χ4v) is 3.62. The van der Waals surface area contributed by atoms with Crippen LogP contribution in [0.5, 0.6) is 0 Å². The van der Waals surface area contributed by atoms with Gasteiger partial charge in [0, 0.05) is 37.7 Å². The van der Waals surface area contributed by atoms with E-state index in [0.717, 1.165) is 26.2 Å². The summed E-state index contributed by atoms with van der Waals surface area (Å²) in [6.45, 7) is 4.74. The maximum atomic E-state index is 11.5. The van der Waals surface area contributed by atoms with E-state index in [1.165, 1.54) is 24.6 Å². The molecule has 1 saturated heterocycles. The van der Waals surface area contributed by atoms with Crippen molar-refractivity contribution in [3.8, 4) is 0 Å². The van der Waals surface area contributed by atoms with Gasteiger partial charge < -0.3 is 14.6 Å². The molecule has 1 fully saturated rings. The molecule has 0 saturated carbocycles. The van der Waals surface area contributed by atoms with Gasteiger partial charge in [-0.25, -0.2) is 13.1 Å². The Morgan fingerprint density at radius 2 is 2.10 bits per heavy atom. The first-order valence-corrected chi connectivity index (χ1v) is 9.29. The number of nitrogens with one attached hydrogen (secondary N) is 2. The fraction of sp³-hybridized carbons (Fsp3) is 0.667. The van der Waals surface area contributed by atoms with Crippen LogP contribution in [0.2, 0.25) is 0 Å². The Bertz CT molecular complexity index is 510. The van der Waals surface area contributed by atoms with Crippen LogP contribution in [0.3, 0.4) is 0 Å². The summed E-state index contributed by atoms with van der Waals surface area (Å²) in [5.41, 5.74) is 0. The lowest BCUT2D eigenvalue weighted by molar-refractivity contribution is 0.298. The van der Waals surface area contributed by atoms with Gasteiger partial charge in [0.2, 0.25) is 5.09 Å². The molecule has 0 atom stereocenters. The zero-order valence-corrected chi connectivity index (χ0v) is 13.2. The Morgan fingerprint density at radius 1 is 1.35 bits per heavy atom. The van der Waals surface area contributed by atoms with E-state index >= 15 is 0 Å². The molecule has 0 radical (unpaired) electrons. The van der Waals surface area contributed by atoms with Crippen LogP contribution in [-0.4, -0.2) is 58.1 Å². The molecule has 0 bridgehead atoms. The van der Waals surface area contributed by atoms with Gasteiger partial charge in [0.15, 0.2) is 0 Å². The third kappa shape index (κ3) is 4.49. The van der Waals surface area contributed by atoms with Gasteiger partial charge in [-0.05, 0) is 19.2 Å². The van der Waals surface area contributed by atoms with E-state index in [9.17, 15) is 8.42 Å². The maximum absolute atomic E-state index is 11.5. The van der Waals surface area contributed by atoms with Gasteiger partial charge in [0.05, 0.1) is 6.54 Å². The molecule has 2 N–H and O–H groups in total. The van der Waals surface area contributed by atoms with Gasteiger partial charge in [-0.1, -0.05) is 0 Å². The highest BCUT2D eigenvalue weighted by atomic mass is 32.2. The van der Waals surface area contributed by atoms with E-state index in [2.05, 4.69) is 14.9 Å². The van der Waals surface area contributed by atoms with Crippen molar-refractivity contribution in [1.29, 1.82) is 0 Å². The lowest BCUT2D eigenvalue weighted by Gasteiger charge is -2.25. The van der Waals surface area contributed by atoms with E-state index < -0.39 is 10.0 Å². The molecule has 0 amide bonds. The Labute approximate surface area is 124 Å². The number of rotatable bonds is 7. The standard InChI is InChI=1S/C12H21N3O3S2/c1-13-20(16,17)12-3-2-11(18-12)10-14-4-5-15-6-8-19-9-7-15/h2-3,13-14H,4-10H2,1H3. The van der Waals surface area contributed by atoms with Crippen molar-refractivity contribution in [3.05, 3.63) is 17.9 Å². The van der Waals surface area contributed by atoms with Crippen LogP contribution < -0.4 is 10.0 Å². The first-order valence-electron chi connectivity index (χ1n) is 6.65. The van der Waals surface area contributed by atoms with Crippen molar-refractivity contribution < 1.29 is 12.8 Å². The molecule has 1 aromatic rings. The summed E-state index contributed by atoms with van der Waals surface area (Å²) in [7, 11) is -2.11. The predicted octanol–water partition coefficient (Wildman–Crippen LogP) is 0.326. The first kappa shape index (κ1) is 15.8. The summed E-state index contributed by atoms with van der Waals surface area (Å²) >= 11 is 2.00. The SMILES string of the molecule is CNS(=O)(=O)c1ccc(CNCCN2CCSCC2)o1. The molecule has 8 heteroatoms. The van der Waals surface area contributed by atoms with E-state index in [0.29, 0.717) is 12.3 Å². The second kappa shape index (κ2) is 7.46. The van der Waals surface area contributed by atoms with E-state index in [4.69, 9.17) is 4.42 Å². The molecule has 1 aromatic heterocycles. The van der Waals surface area contributed by atoms with Gasteiger partial charge in [-0.15, -0.1) is 0 Å². The summed E-state index contributed by atoms with van der Waals surface area (Å²) < 4.78 is 30.6. The molecule has 0 spiro atoms. The van der Waals surface area contributed by atoms with Crippen molar-refractivity contribution in [1.82, 2.24) is 14.9 Å². The normalized spacial score (nSPS) is 17.4. The topological polar surface area (TPSA) is 74.6 Å². The number of furan rings is 1. The summed E-state index contributed by atoms with van der Waals surface area (Å²) in [4.78, 5) is 2.43. The second-order valence-electron chi connectivity index (χ2n) is 4.56. The maximum Gasteiger partial charge on any atom is 0.273 e. The quantitative estimate of drug-likeness (QED) is 0.706. The lowest BCUT2D eigenvalue weighted by atomic mass is 10.4. The molecule has 0 aromatic carbocycles. The molecular formula is C12H21N3O3S2. The summed E-state index contributed by atoms with van der Waals surface area (Å²) in [5.74, 6) is 3.06. The van der Waals surface area contributed by atoms with Crippen LogP contribution in [0.25, 0.3) is 0 Å². The van der Waals surface area contributed by atoms with E-state index in [1.807, 2.05) is 11.8 Å². The molecule has 2 rings (SSSR count). The van der Waals surface area contributed by atoms with E-state index in [1.54, 1.807) is 6.07 Å². The van der Waals surface area contributed by atoms with Crippen molar-refractivity contribution in [3.63, 3.8) is 0 Å². The molecule has 0 unspecified atom stereocenters. The van der Waals surface area contributed by atoms with E-state index in [-0.39, 0.29) is 5.09 Å². The number of hydrogen-bond acceptors (Lipinski definition) is 6. The molecule has 114 valence electrons. The third-order valence-electron chi connectivity index (χ3n) is 3.18. The highest BCUT2D eigenvalue weighted by molar-refractivity contribution is 7.99. The molecular weight excluding hydrogens is 298 g/mol. The lowest BCUT2D eigenvalue weighted by Crippen LogP contribution is -2.37. The number of nitrogens with zero attached hydrogens (tertiary/aromatic N) is 1. The highest BCUT2D eigenvalue weighted by Crippen LogP contribution is 2.13. The number of hydrogen-bond donors (Lipinski definition) is 2. The summed E-state index contributed by atoms with van der Waals surface area (Å²) in [6, 6.07) is 3.17. The van der Waals surface area contributed by atoms with Gasteiger partial charge in [0.1, 0.15) is 5.76 Å². The monoisotopic (exact) mass is 319 g/mol. The largest absolute Gasteiger partial charge is 0.447 e. The van der Waals surface area contributed by atoms with Crippen LogP contribution in [0.15, 0.2) is 21.6 Å². The molecule has 1 aliphatic heterocycles. The molecule has 6 nitrogen and oxygen atoms in total. The number of sulfonamides is 1. The molecule has 2 heterocycles. The minimum absolute atomic E-state index is 0.0372. The minimum atomic E-state index is -3.48. The Morgan fingerprint density at radius 3 is 2.80 bits per heavy atom. The smallest absolute Gasteiger partial charge is 0.273 e. The average Bonchev–Trinajstić information content (AvgIpc) is 2.94.